The molecule has 1 aliphatic heterocycles. The van der Waals surface area contributed by atoms with E-state index < -0.39 is 0 Å². The maximum atomic E-state index is 9.43. The first kappa shape index (κ1) is 14.9. The Kier molecular flexibility index (Phi) is 5.88. The molecule has 0 atom stereocenters. The first-order valence-corrected chi connectivity index (χ1v) is 7.84. The summed E-state index contributed by atoms with van der Waals surface area (Å²) in [7, 11) is 0. The zero-order valence-corrected chi connectivity index (χ0v) is 12.5. The Bertz CT molecular complexity index is 454. The third-order valence-corrected chi connectivity index (χ3v) is 3.96. The monoisotopic (exact) mass is 271 g/mol. The fourth-order valence-corrected chi connectivity index (χ4v) is 2.82. The smallest absolute Gasteiger partial charge is 0.101 e. The summed E-state index contributed by atoms with van der Waals surface area (Å²) in [4.78, 5) is 2.40. The molecule has 1 aromatic rings. The predicted octanol–water partition coefficient (Wildman–Crippen LogP) is 3.44. The Labute approximate surface area is 122 Å². The molecule has 0 spiro atoms. The van der Waals surface area contributed by atoms with Crippen molar-refractivity contribution in [1.29, 1.82) is 5.26 Å². The summed E-state index contributed by atoms with van der Waals surface area (Å²) in [6.45, 7) is 6.06. The standard InChI is InChI=1S/C17H25N3/c1-2-19-14-15-8-9-17(16(12-15)13-18)20-10-6-4-3-5-7-11-20/h8-9,12,19H,2-7,10-11,14H2,1H3. The van der Waals surface area contributed by atoms with Gasteiger partial charge in [-0.1, -0.05) is 32.3 Å². The van der Waals surface area contributed by atoms with E-state index in [0.29, 0.717) is 0 Å². The van der Waals surface area contributed by atoms with Gasteiger partial charge < -0.3 is 10.2 Å². The number of rotatable bonds is 4. The van der Waals surface area contributed by atoms with Gasteiger partial charge in [0.2, 0.25) is 0 Å². The Morgan fingerprint density at radius 1 is 1.15 bits per heavy atom. The Balaban J connectivity index is 2.15. The topological polar surface area (TPSA) is 39.1 Å². The van der Waals surface area contributed by atoms with E-state index in [1.54, 1.807) is 0 Å². The summed E-state index contributed by atoms with van der Waals surface area (Å²) < 4.78 is 0. The minimum atomic E-state index is 0.820. The number of nitriles is 1. The summed E-state index contributed by atoms with van der Waals surface area (Å²) in [5.74, 6) is 0. The third-order valence-electron chi connectivity index (χ3n) is 3.96. The van der Waals surface area contributed by atoms with Crippen LogP contribution in [0.2, 0.25) is 0 Å². The van der Waals surface area contributed by atoms with Crippen LogP contribution in [0.5, 0.6) is 0 Å². The zero-order chi connectivity index (χ0) is 14.2. The molecule has 2 rings (SSSR count). The largest absolute Gasteiger partial charge is 0.370 e. The van der Waals surface area contributed by atoms with Crippen molar-refractivity contribution in [2.24, 2.45) is 0 Å². The zero-order valence-electron chi connectivity index (χ0n) is 12.5. The van der Waals surface area contributed by atoms with Crippen LogP contribution in [0.4, 0.5) is 5.69 Å². The highest BCUT2D eigenvalue weighted by Crippen LogP contribution is 2.24. The molecule has 0 saturated carbocycles. The van der Waals surface area contributed by atoms with Crippen LogP contribution >= 0.6 is 0 Å². The van der Waals surface area contributed by atoms with Crippen LogP contribution in [-0.2, 0) is 6.54 Å². The van der Waals surface area contributed by atoms with Gasteiger partial charge >= 0.3 is 0 Å². The molecule has 1 heterocycles. The molecule has 108 valence electrons. The molecular weight excluding hydrogens is 246 g/mol. The van der Waals surface area contributed by atoms with Gasteiger partial charge in [0, 0.05) is 19.6 Å². The van der Waals surface area contributed by atoms with Crippen molar-refractivity contribution in [3.05, 3.63) is 29.3 Å². The van der Waals surface area contributed by atoms with Gasteiger partial charge in [0.25, 0.3) is 0 Å². The molecule has 20 heavy (non-hydrogen) atoms. The molecule has 1 saturated heterocycles. The van der Waals surface area contributed by atoms with Crippen LogP contribution < -0.4 is 10.2 Å². The minimum Gasteiger partial charge on any atom is -0.370 e. The summed E-state index contributed by atoms with van der Waals surface area (Å²) in [6.07, 6.45) is 6.47. The van der Waals surface area contributed by atoms with Gasteiger partial charge in [-0.3, -0.25) is 0 Å². The molecule has 0 unspecified atom stereocenters. The molecule has 0 aromatic heterocycles. The molecule has 0 bridgehead atoms. The van der Waals surface area contributed by atoms with E-state index in [2.05, 4.69) is 35.3 Å². The minimum absolute atomic E-state index is 0.820. The van der Waals surface area contributed by atoms with E-state index in [1.165, 1.54) is 37.7 Å². The molecule has 0 radical (unpaired) electrons. The summed E-state index contributed by atoms with van der Waals surface area (Å²) >= 11 is 0. The van der Waals surface area contributed by atoms with E-state index in [9.17, 15) is 5.26 Å². The molecule has 0 aliphatic carbocycles. The summed E-state index contributed by atoms with van der Waals surface area (Å²) in [6, 6.07) is 8.70. The predicted molar refractivity (Wildman–Crippen MR) is 83.8 cm³/mol. The number of nitrogens with zero attached hydrogens (tertiary/aromatic N) is 2. The van der Waals surface area contributed by atoms with Gasteiger partial charge in [0.1, 0.15) is 6.07 Å². The number of benzene rings is 1. The van der Waals surface area contributed by atoms with Crippen LogP contribution in [0.25, 0.3) is 0 Å². The van der Waals surface area contributed by atoms with Crippen LogP contribution in [0.1, 0.15) is 50.2 Å². The molecule has 1 aliphatic rings. The van der Waals surface area contributed by atoms with E-state index in [0.717, 1.165) is 37.4 Å². The number of anilines is 1. The molecule has 3 nitrogen and oxygen atoms in total. The number of nitrogens with one attached hydrogen (secondary N) is 1. The summed E-state index contributed by atoms with van der Waals surface area (Å²) in [5, 5.41) is 12.7. The highest BCUT2D eigenvalue weighted by molar-refractivity contribution is 5.60. The lowest BCUT2D eigenvalue weighted by molar-refractivity contribution is 0.556. The van der Waals surface area contributed by atoms with Crippen LogP contribution in [-0.4, -0.2) is 19.6 Å². The van der Waals surface area contributed by atoms with Gasteiger partial charge in [0.05, 0.1) is 11.3 Å². The average molecular weight is 271 g/mol. The van der Waals surface area contributed by atoms with Crippen molar-refractivity contribution in [2.75, 3.05) is 24.5 Å². The lowest BCUT2D eigenvalue weighted by atomic mass is 10.0. The van der Waals surface area contributed by atoms with Crippen LogP contribution in [0, 0.1) is 11.3 Å². The quantitative estimate of drug-likeness (QED) is 0.911. The molecule has 3 heteroatoms. The van der Waals surface area contributed by atoms with Crippen molar-refractivity contribution in [3.63, 3.8) is 0 Å². The second-order valence-electron chi connectivity index (χ2n) is 5.50. The van der Waals surface area contributed by atoms with E-state index in [4.69, 9.17) is 0 Å². The number of hydrogen-bond donors (Lipinski definition) is 1. The number of hydrogen-bond acceptors (Lipinski definition) is 3. The molecule has 1 N–H and O–H groups in total. The Hall–Kier alpha value is -1.53. The first-order chi connectivity index (χ1) is 9.85. The second kappa shape index (κ2) is 7.91. The average Bonchev–Trinajstić information content (AvgIpc) is 2.45. The van der Waals surface area contributed by atoms with Crippen molar-refractivity contribution in [3.8, 4) is 6.07 Å². The molecule has 1 fully saturated rings. The van der Waals surface area contributed by atoms with Crippen molar-refractivity contribution in [2.45, 2.75) is 45.6 Å². The van der Waals surface area contributed by atoms with Gasteiger partial charge in [0.15, 0.2) is 0 Å². The lowest BCUT2D eigenvalue weighted by Crippen LogP contribution is -2.27. The van der Waals surface area contributed by atoms with Crippen LogP contribution in [0.15, 0.2) is 18.2 Å². The Morgan fingerprint density at radius 3 is 2.50 bits per heavy atom. The van der Waals surface area contributed by atoms with Gasteiger partial charge in [-0.05, 0) is 37.1 Å². The highest BCUT2D eigenvalue weighted by Gasteiger charge is 2.13. The summed E-state index contributed by atoms with van der Waals surface area (Å²) in [5.41, 5.74) is 3.13. The first-order valence-electron chi connectivity index (χ1n) is 7.84. The fourth-order valence-electron chi connectivity index (χ4n) is 2.82. The van der Waals surface area contributed by atoms with E-state index >= 15 is 0 Å². The van der Waals surface area contributed by atoms with Crippen LogP contribution in [0.3, 0.4) is 0 Å². The van der Waals surface area contributed by atoms with E-state index in [1.807, 2.05) is 6.07 Å². The van der Waals surface area contributed by atoms with Crippen molar-refractivity contribution in [1.82, 2.24) is 5.32 Å². The second-order valence-corrected chi connectivity index (χ2v) is 5.50. The molecular formula is C17H25N3. The molecule has 1 aromatic carbocycles. The van der Waals surface area contributed by atoms with Gasteiger partial charge in [-0.2, -0.15) is 5.26 Å². The molecule has 0 amide bonds. The highest BCUT2D eigenvalue weighted by atomic mass is 15.1. The van der Waals surface area contributed by atoms with Gasteiger partial charge in [-0.25, -0.2) is 0 Å². The van der Waals surface area contributed by atoms with Crippen molar-refractivity contribution < 1.29 is 0 Å². The third kappa shape index (κ3) is 3.98. The van der Waals surface area contributed by atoms with Crippen molar-refractivity contribution >= 4 is 5.69 Å². The normalized spacial score (nSPS) is 16.3. The SMILES string of the molecule is CCNCc1ccc(N2CCCCCCC2)c(C#N)c1. The van der Waals surface area contributed by atoms with Gasteiger partial charge in [-0.15, -0.1) is 0 Å². The van der Waals surface area contributed by atoms with E-state index in [-0.39, 0.29) is 0 Å². The lowest BCUT2D eigenvalue weighted by Gasteiger charge is -2.28. The maximum Gasteiger partial charge on any atom is 0.101 e. The Morgan fingerprint density at radius 2 is 1.85 bits per heavy atom. The maximum absolute atomic E-state index is 9.43. The fraction of sp³-hybridized carbons (Fsp3) is 0.588.